The summed E-state index contributed by atoms with van der Waals surface area (Å²) in [6.45, 7) is 17.8. The van der Waals surface area contributed by atoms with Gasteiger partial charge in [0.05, 0.1) is 0 Å². The van der Waals surface area contributed by atoms with Crippen molar-refractivity contribution >= 4 is 0 Å². The summed E-state index contributed by atoms with van der Waals surface area (Å²) in [4.78, 5) is 0. The quantitative estimate of drug-likeness (QED) is 0.0306. The number of unbranched alkanes of at least 4 members (excludes halogenated alkanes) is 28. The van der Waals surface area contributed by atoms with E-state index in [-0.39, 0.29) is 150 Å². The zero-order valence-corrected chi connectivity index (χ0v) is 54.3. The van der Waals surface area contributed by atoms with E-state index in [4.69, 9.17) is 28.4 Å². The molecule has 2 rings (SSSR count). The third-order valence-corrected chi connectivity index (χ3v) is 13.4. The Hall–Kier alpha value is 2.42. The molecule has 0 saturated carbocycles. The van der Waals surface area contributed by atoms with Gasteiger partial charge < -0.3 is 77.0 Å². The van der Waals surface area contributed by atoms with E-state index in [9.17, 15) is 15.3 Å². The first-order valence-corrected chi connectivity index (χ1v) is 27.0. The largest absolute Gasteiger partial charge is 3.00 e. The predicted molar refractivity (Wildman–Crippen MR) is 284 cm³/mol. The van der Waals surface area contributed by atoms with E-state index in [2.05, 4.69) is 41.5 Å². The average molecular weight is 1160 g/mol. The van der Waals surface area contributed by atoms with E-state index in [1.165, 1.54) is 167 Å². The molecule has 0 spiro atoms. The summed E-state index contributed by atoms with van der Waals surface area (Å²) in [5, 5.41) is 31.4. The fraction of sp³-hybridized carbons (Fsp3) is 0.946. The molecule has 2 saturated heterocycles. The number of aliphatic hydroxyl groups excluding tert-OH is 3. The molecule has 1 radical (unpaired) electrons. The van der Waals surface area contributed by atoms with Gasteiger partial charge in [-0.15, -0.1) is 0 Å². The van der Waals surface area contributed by atoms with Crippen molar-refractivity contribution in [1.82, 2.24) is 0 Å². The van der Waals surface area contributed by atoms with Gasteiger partial charge in [0, 0.05) is 103 Å². The summed E-state index contributed by atoms with van der Waals surface area (Å²) in [7, 11) is 0. The van der Waals surface area contributed by atoms with E-state index in [1.807, 2.05) is 6.92 Å². The van der Waals surface area contributed by atoms with Crippen LogP contribution in [0, 0.1) is 40.0 Å². The van der Waals surface area contributed by atoms with E-state index in [0.29, 0.717) is 26.4 Å². The standard InChI is InChI=1S/C27H54O4.C26H52O5.3CH3.2H2O.4Ti/c1-5-7-9-11-13-15-17-19-21-29-25-23(3)24(4)27(31-26(25)28)30-22-20-18-16-14-12-10-8-6-2;1-4-6-8-10-12-14-16-18-20-29-24-22(3)23(27)26(31-25(24)28)30-21-19-17-15-13-11-9-7-5-2;;;;;;;;;/h23-28H,5-22H2,1-4H3;22-28H,4-21H2,1-3H3;3*1H3;2*1H2;;;;/q;;3*-1;;;;;;+3. The van der Waals surface area contributed by atoms with Crippen molar-refractivity contribution in [3.8, 4) is 0 Å². The first-order valence-electron chi connectivity index (χ1n) is 27.0. The van der Waals surface area contributed by atoms with Gasteiger partial charge >= 0.3 is 21.7 Å². The van der Waals surface area contributed by atoms with E-state index in [1.54, 1.807) is 0 Å². The van der Waals surface area contributed by atoms with Crippen LogP contribution in [0.15, 0.2) is 0 Å². The summed E-state index contributed by atoms with van der Waals surface area (Å²) in [6.07, 6.45) is 36.0. The molecule has 7 N–H and O–H groups in total. The van der Waals surface area contributed by atoms with E-state index in [0.717, 1.165) is 38.5 Å². The first kappa shape index (κ1) is 92.8. The van der Waals surface area contributed by atoms with Gasteiger partial charge in [-0.05, 0) is 31.6 Å². The van der Waals surface area contributed by atoms with E-state index < -0.39 is 31.1 Å². The maximum absolute atomic E-state index is 10.6. The number of ether oxygens (including phenoxy) is 6. The monoisotopic (exact) mass is 1160 g/mol. The van der Waals surface area contributed by atoms with Crippen molar-refractivity contribution in [3.05, 3.63) is 22.3 Å². The van der Waals surface area contributed by atoms with Gasteiger partial charge in [0.2, 0.25) is 0 Å². The summed E-state index contributed by atoms with van der Waals surface area (Å²) in [5.74, 6) is 0.226. The molecule has 10 unspecified atom stereocenters. The molecule has 425 valence electrons. The van der Waals surface area contributed by atoms with Crippen LogP contribution in [-0.2, 0) is 115 Å². The van der Waals surface area contributed by atoms with Crippen LogP contribution >= 0.6 is 0 Å². The molecule has 0 aromatic heterocycles. The fourth-order valence-electron chi connectivity index (χ4n) is 8.72. The second-order valence-electron chi connectivity index (χ2n) is 19.2. The van der Waals surface area contributed by atoms with Crippen molar-refractivity contribution in [3.63, 3.8) is 0 Å². The first-order chi connectivity index (χ1) is 30.2. The molecule has 0 aromatic carbocycles. The molecule has 15 heteroatoms. The third kappa shape index (κ3) is 48.1. The topological polar surface area (TPSA) is 179 Å². The summed E-state index contributed by atoms with van der Waals surface area (Å²) in [5.41, 5.74) is 0. The second kappa shape index (κ2) is 66.7. The summed E-state index contributed by atoms with van der Waals surface area (Å²) >= 11 is 0. The fourth-order valence-corrected chi connectivity index (χ4v) is 8.72. The Morgan fingerprint density at radius 1 is 0.324 bits per heavy atom. The Labute approximate surface area is 501 Å². The van der Waals surface area contributed by atoms with Gasteiger partial charge in [-0.2, -0.15) is 0 Å². The van der Waals surface area contributed by atoms with Crippen LogP contribution in [-0.4, -0.2) is 96.2 Å². The zero-order chi connectivity index (χ0) is 45.5. The maximum atomic E-state index is 10.6. The van der Waals surface area contributed by atoms with Gasteiger partial charge in [-0.3, -0.25) is 0 Å². The van der Waals surface area contributed by atoms with Crippen LogP contribution in [0.2, 0.25) is 0 Å². The minimum Gasteiger partial charge on any atom is -0.412 e. The molecule has 2 aliphatic heterocycles. The minimum atomic E-state index is -1.05. The SMILES string of the molecule is CCCCCCCCCCOC1OC(O)C(OCCCCCCCCCC)C(C)C1C.CCCCCCCCCCOC1OC(O)C(OCCCCCCCCCC)C(C)C1O.O.O.[CH3-].[CH3-].[CH3-].[Ti+3].[Ti].[Ti].[Ti]. The van der Waals surface area contributed by atoms with Crippen LogP contribution in [0.5, 0.6) is 0 Å². The maximum Gasteiger partial charge on any atom is 3.00 e. The Morgan fingerprint density at radius 3 is 0.845 bits per heavy atom. The van der Waals surface area contributed by atoms with E-state index >= 15 is 0 Å². The normalized spacial score (nSPS) is 23.1. The van der Waals surface area contributed by atoms with Crippen molar-refractivity contribution < 1.29 is 142 Å². The van der Waals surface area contributed by atoms with Gasteiger partial charge in [0.1, 0.15) is 18.3 Å². The Balaban J connectivity index is -0.000000137. The van der Waals surface area contributed by atoms with Crippen molar-refractivity contribution in [1.29, 1.82) is 0 Å². The Kier molecular flexibility index (Phi) is 87.2. The Bertz CT molecular complexity index is 882. The second-order valence-corrected chi connectivity index (χ2v) is 19.2. The molecule has 0 bridgehead atoms. The van der Waals surface area contributed by atoms with Crippen molar-refractivity contribution in [2.24, 2.45) is 17.8 Å². The average Bonchev–Trinajstić information content (AvgIpc) is 3.26. The van der Waals surface area contributed by atoms with Crippen LogP contribution in [0.3, 0.4) is 0 Å². The van der Waals surface area contributed by atoms with Gasteiger partial charge in [-0.1, -0.05) is 228 Å². The molecule has 0 aliphatic carbocycles. The minimum absolute atomic E-state index is 0. The molecular weight excluding hydrogens is 1040 g/mol. The molecule has 0 amide bonds. The molecule has 2 heterocycles. The van der Waals surface area contributed by atoms with Crippen molar-refractivity contribution in [2.75, 3.05) is 26.4 Å². The molecular formula is C56H119O11Ti4. The number of rotatable bonds is 40. The number of aliphatic hydroxyl groups is 3. The smallest absolute Gasteiger partial charge is 0.412 e. The molecule has 71 heavy (non-hydrogen) atoms. The molecule has 11 nitrogen and oxygen atoms in total. The molecule has 2 aliphatic rings. The van der Waals surface area contributed by atoms with Crippen LogP contribution < -0.4 is 0 Å². The summed E-state index contributed by atoms with van der Waals surface area (Å²) < 4.78 is 35.0. The van der Waals surface area contributed by atoms with Crippen LogP contribution in [0.25, 0.3) is 0 Å². The number of hydrogen-bond acceptors (Lipinski definition) is 9. The summed E-state index contributed by atoms with van der Waals surface area (Å²) in [6, 6.07) is 0. The van der Waals surface area contributed by atoms with Crippen LogP contribution in [0.1, 0.15) is 254 Å². The molecule has 0 aromatic rings. The third-order valence-electron chi connectivity index (χ3n) is 13.4. The predicted octanol–water partition coefficient (Wildman–Crippen LogP) is 13.6. The Morgan fingerprint density at radius 2 is 0.549 bits per heavy atom. The van der Waals surface area contributed by atoms with Gasteiger partial charge in [0.15, 0.2) is 25.2 Å². The zero-order valence-electron chi connectivity index (χ0n) is 48.0. The van der Waals surface area contributed by atoms with Crippen molar-refractivity contribution in [2.45, 2.75) is 297 Å². The van der Waals surface area contributed by atoms with Crippen LogP contribution in [0.4, 0.5) is 0 Å². The van der Waals surface area contributed by atoms with Gasteiger partial charge in [0.25, 0.3) is 0 Å². The number of hydrogen-bond donors (Lipinski definition) is 3. The molecule has 2 fully saturated rings. The molecule has 10 atom stereocenters. The van der Waals surface area contributed by atoms with Gasteiger partial charge in [-0.25, -0.2) is 0 Å².